The molecule has 0 saturated carbocycles. The Hall–Kier alpha value is -3.75. The summed E-state index contributed by atoms with van der Waals surface area (Å²) >= 11 is 0. The van der Waals surface area contributed by atoms with Gasteiger partial charge >= 0.3 is 41.8 Å². The van der Waals surface area contributed by atoms with Crippen LogP contribution in [0.25, 0.3) is 0 Å². The third-order valence-corrected chi connectivity index (χ3v) is 10.7. The first kappa shape index (κ1) is 61.2. The molecule has 0 rings (SSSR count). The molecule has 0 amide bonds. The van der Waals surface area contributed by atoms with Gasteiger partial charge in [-0.05, 0) is 84.8 Å². The molecule has 0 spiro atoms. The monoisotopic (exact) mass is 928 g/mol. The van der Waals surface area contributed by atoms with Crippen molar-refractivity contribution < 1.29 is 66.7 Å². The summed E-state index contributed by atoms with van der Waals surface area (Å²) in [6.45, 7) is 6.93. The SMILES string of the molecule is CCCCOC(=O)CCCCCCCC(=O)OCC(COC(=O)CCCCCCCC(=O)OCCCC)(COC(=O)CCCCCCCC(=O)OCCCC)COC(=O)CCCN(C)C. The Kier molecular flexibility index (Phi) is 40.4. The first-order chi connectivity index (χ1) is 31.4. The average molecular weight is 928 g/mol. The van der Waals surface area contributed by atoms with E-state index in [9.17, 15) is 33.6 Å². The summed E-state index contributed by atoms with van der Waals surface area (Å²) in [5, 5.41) is 0. The number of hydrogen-bond donors (Lipinski definition) is 0. The molecule has 378 valence electrons. The van der Waals surface area contributed by atoms with Gasteiger partial charge in [0.15, 0.2) is 0 Å². The van der Waals surface area contributed by atoms with Gasteiger partial charge in [0, 0.05) is 44.9 Å². The molecule has 0 aromatic heterocycles. The first-order valence-corrected chi connectivity index (χ1v) is 25.1. The number of hydrogen-bond acceptors (Lipinski definition) is 15. The van der Waals surface area contributed by atoms with Gasteiger partial charge in [0.25, 0.3) is 0 Å². The van der Waals surface area contributed by atoms with Crippen molar-refractivity contribution >= 4 is 41.8 Å². The number of carbonyl (C=O) groups excluding carboxylic acids is 7. The van der Waals surface area contributed by atoms with Crippen LogP contribution < -0.4 is 0 Å². The van der Waals surface area contributed by atoms with E-state index in [1.54, 1.807) is 0 Å². The predicted molar refractivity (Wildman–Crippen MR) is 249 cm³/mol. The first-order valence-electron chi connectivity index (χ1n) is 25.1. The maximum atomic E-state index is 13.0. The lowest BCUT2D eigenvalue weighted by Gasteiger charge is -2.31. The molecule has 0 aliphatic heterocycles. The Morgan fingerprint density at radius 3 is 0.754 bits per heavy atom. The van der Waals surface area contributed by atoms with Crippen molar-refractivity contribution in [1.82, 2.24) is 4.90 Å². The van der Waals surface area contributed by atoms with E-state index < -0.39 is 29.3 Å². The molecule has 0 aliphatic carbocycles. The van der Waals surface area contributed by atoms with Crippen LogP contribution in [0.3, 0.4) is 0 Å². The van der Waals surface area contributed by atoms with Crippen LogP contribution in [0.4, 0.5) is 0 Å². The lowest BCUT2D eigenvalue weighted by atomic mass is 9.92. The fourth-order valence-corrected chi connectivity index (χ4v) is 6.43. The number of unbranched alkanes of at least 4 members (excludes halogenated alkanes) is 15. The molecular formula is C50H89NO14. The molecule has 65 heavy (non-hydrogen) atoms. The number of nitrogens with zero attached hydrogens (tertiary/aromatic N) is 1. The van der Waals surface area contributed by atoms with Gasteiger partial charge in [-0.1, -0.05) is 97.8 Å². The minimum atomic E-state index is -1.35. The third-order valence-electron chi connectivity index (χ3n) is 10.7. The fraction of sp³-hybridized carbons (Fsp3) is 0.860. The summed E-state index contributed by atoms with van der Waals surface area (Å²) in [5.41, 5.74) is -1.35. The van der Waals surface area contributed by atoms with E-state index in [-0.39, 0.29) is 70.0 Å². The van der Waals surface area contributed by atoms with Gasteiger partial charge in [0.2, 0.25) is 0 Å². The Morgan fingerprint density at radius 2 is 0.523 bits per heavy atom. The fourth-order valence-electron chi connectivity index (χ4n) is 6.43. The standard InChI is InChI=1S/C50H89NO14/c1-6-9-36-59-43(52)28-21-15-12-18-24-31-46(55)62-39-50(42-65-49(58)34-27-35-51(4)5,40-63-47(56)32-25-19-13-16-22-29-44(53)60-37-10-7-2)41-64-48(57)33-26-20-14-17-23-30-45(54)61-38-11-8-3/h6-42H2,1-5H3. The van der Waals surface area contributed by atoms with Crippen molar-refractivity contribution in [3.05, 3.63) is 0 Å². The second kappa shape index (κ2) is 42.9. The van der Waals surface area contributed by atoms with E-state index in [0.717, 1.165) is 116 Å². The molecule has 0 bridgehead atoms. The quantitative estimate of drug-likeness (QED) is 0.0319. The minimum absolute atomic E-state index is 0.138. The summed E-state index contributed by atoms with van der Waals surface area (Å²) in [4.78, 5) is 89.5. The van der Waals surface area contributed by atoms with E-state index in [1.807, 2.05) is 39.8 Å². The number of esters is 7. The van der Waals surface area contributed by atoms with Crippen LogP contribution in [0.5, 0.6) is 0 Å². The van der Waals surface area contributed by atoms with Crippen LogP contribution in [-0.2, 0) is 66.7 Å². The average Bonchev–Trinajstić information content (AvgIpc) is 3.27. The molecule has 0 aromatic rings. The molecule has 15 nitrogen and oxygen atoms in total. The van der Waals surface area contributed by atoms with Crippen LogP contribution in [0.2, 0.25) is 0 Å². The normalized spacial score (nSPS) is 11.2. The second-order valence-electron chi connectivity index (χ2n) is 17.6. The topological polar surface area (TPSA) is 187 Å². The largest absolute Gasteiger partial charge is 0.466 e. The summed E-state index contributed by atoms with van der Waals surface area (Å²) in [5.74, 6) is -2.46. The zero-order chi connectivity index (χ0) is 48.2. The molecule has 15 heteroatoms. The highest BCUT2D eigenvalue weighted by Crippen LogP contribution is 2.24. The van der Waals surface area contributed by atoms with Crippen LogP contribution >= 0.6 is 0 Å². The van der Waals surface area contributed by atoms with Crippen molar-refractivity contribution in [1.29, 1.82) is 0 Å². The molecule has 0 saturated heterocycles. The predicted octanol–water partition coefficient (Wildman–Crippen LogP) is 9.71. The van der Waals surface area contributed by atoms with Gasteiger partial charge in [-0.25, -0.2) is 0 Å². The van der Waals surface area contributed by atoms with Gasteiger partial charge in [0.05, 0.1) is 19.8 Å². The highest BCUT2D eigenvalue weighted by molar-refractivity contribution is 5.72. The Morgan fingerprint density at radius 1 is 0.308 bits per heavy atom. The van der Waals surface area contributed by atoms with Crippen LogP contribution in [0.15, 0.2) is 0 Å². The maximum absolute atomic E-state index is 13.0. The van der Waals surface area contributed by atoms with Crippen LogP contribution in [-0.4, -0.2) is 114 Å². The van der Waals surface area contributed by atoms with E-state index in [2.05, 4.69) is 0 Å². The highest BCUT2D eigenvalue weighted by atomic mass is 16.6. The Balaban J connectivity index is 5.44. The summed E-state index contributed by atoms with van der Waals surface area (Å²) in [6.07, 6.45) is 18.9. The number of rotatable bonds is 45. The second-order valence-corrected chi connectivity index (χ2v) is 17.6. The van der Waals surface area contributed by atoms with E-state index in [1.165, 1.54) is 0 Å². The van der Waals surface area contributed by atoms with Gasteiger partial charge in [-0.3, -0.25) is 33.6 Å². The highest BCUT2D eigenvalue weighted by Gasteiger charge is 2.38. The van der Waals surface area contributed by atoms with Gasteiger partial charge in [-0.15, -0.1) is 0 Å². The molecule has 0 aliphatic rings. The van der Waals surface area contributed by atoms with E-state index in [4.69, 9.17) is 33.2 Å². The molecule has 0 heterocycles. The lowest BCUT2D eigenvalue weighted by molar-refractivity contribution is -0.171. The van der Waals surface area contributed by atoms with Crippen molar-refractivity contribution in [2.75, 3.05) is 66.9 Å². The summed E-state index contributed by atoms with van der Waals surface area (Å²) in [7, 11) is 3.81. The van der Waals surface area contributed by atoms with Crippen molar-refractivity contribution in [3.8, 4) is 0 Å². The molecular weight excluding hydrogens is 839 g/mol. The van der Waals surface area contributed by atoms with E-state index in [0.29, 0.717) is 71.3 Å². The molecule has 0 atom stereocenters. The van der Waals surface area contributed by atoms with Gasteiger partial charge in [-0.2, -0.15) is 0 Å². The van der Waals surface area contributed by atoms with Gasteiger partial charge in [0.1, 0.15) is 31.8 Å². The van der Waals surface area contributed by atoms with Crippen molar-refractivity contribution in [2.24, 2.45) is 5.41 Å². The maximum Gasteiger partial charge on any atom is 0.305 e. The van der Waals surface area contributed by atoms with Crippen molar-refractivity contribution in [3.63, 3.8) is 0 Å². The van der Waals surface area contributed by atoms with E-state index >= 15 is 0 Å². The zero-order valence-corrected chi connectivity index (χ0v) is 41.3. The summed E-state index contributed by atoms with van der Waals surface area (Å²) in [6, 6.07) is 0. The smallest absolute Gasteiger partial charge is 0.305 e. The van der Waals surface area contributed by atoms with Crippen molar-refractivity contribution in [2.45, 2.75) is 207 Å². The zero-order valence-electron chi connectivity index (χ0n) is 41.3. The molecule has 0 N–H and O–H groups in total. The third kappa shape index (κ3) is 40.3. The lowest BCUT2D eigenvalue weighted by Crippen LogP contribution is -2.44. The number of ether oxygens (including phenoxy) is 7. The Labute approximate surface area is 391 Å². The molecule has 0 unspecified atom stereocenters. The molecule has 0 fully saturated rings. The summed E-state index contributed by atoms with van der Waals surface area (Å²) < 4.78 is 38.5. The molecule has 0 radical (unpaired) electrons. The minimum Gasteiger partial charge on any atom is -0.466 e. The van der Waals surface area contributed by atoms with Gasteiger partial charge < -0.3 is 38.1 Å². The number of carbonyl (C=O) groups is 7. The van der Waals surface area contributed by atoms with Crippen LogP contribution in [0.1, 0.15) is 207 Å². The van der Waals surface area contributed by atoms with Crippen LogP contribution in [0, 0.1) is 5.41 Å². The Bertz CT molecular complexity index is 1150. The molecule has 0 aromatic carbocycles.